The van der Waals surface area contributed by atoms with Crippen molar-refractivity contribution in [2.75, 3.05) is 5.73 Å². The third-order valence-electron chi connectivity index (χ3n) is 3.39. The zero-order chi connectivity index (χ0) is 12.6. The number of carbonyl (C=O) groups excluding carboxylic acids is 1. The molecular formula is C12H20N4O. The van der Waals surface area contributed by atoms with Gasteiger partial charge in [0.15, 0.2) is 5.69 Å². The number of hydrogen-bond acceptors (Lipinski definition) is 3. The quantitative estimate of drug-likeness (QED) is 0.743. The molecule has 1 aromatic rings. The molecule has 0 aromatic carbocycles. The number of anilines is 1. The predicted molar refractivity (Wildman–Crippen MR) is 66.7 cm³/mol. The molecule has 17 heavy (non-hydrogen) atoms. The van der Waals surface area contributed by atoms with Crippen molar-refractivity contribution in [1.29, 1.82) is 0 Å². The van der Waals surface area contributed by atoms with Gasteiger partial charge in [0, 0.05) is 6.04 Å². The van der Waals surface area contributed by atoms with Gasteiger partial charge in [-0.05, 0) is 18.3 Å². The highest BCUT2D eigenvalue weighted by Crippen LogP contribution is 2.33. The standard InChI is InChI=1S/C12H20N4O/c1-4-7-5-8(7)14-12(17)11-9(13)10(6(2)3)15-16-11/h6-8H,4-5,13H2,1-3H3,(H,14,17)(H,15,16). The Morgan fingerprint density at radius 3 is 2.82 bits per heavy atom. The van der Waals surface area contributed by atoms with Gasteiger partial charge in [0.2, 0.25) is 0 Å². The number of hydrogen-bond donors (Lipinski definition) is 3. The maximum absolute atomic E-state index is 11.9. The molecule has 1 heterocycles. The third-order valence-corrected chi connectivity index (χ3v) is 3.39. The minimum absolute atomic E-state index is 0.161. The number of amides is 1. The van der Waals surface area contributed by atoms with E-state index < -0.39 is 0 Å². The summed E-state index contributed by atoms with van der Waals surface area (Å²) in [5.41, 5.74) is 7.55. The van der Waals surface area contributed by atoms with Crippen LogP contribution in [0.5, 0.6) is 0 Å². The highest BCUT2D eigenvalue weighted by Gasteiger charge is 2.37. The molecule has 5 heteroatoms. The smallest absolute Gasteiger partial charge is 0.274 e. The number of nitrogens with zero attached hydrogens (tertiary/aromatic N) is 1. The van der Waals surface area contributed by atoms with Gasteiger partial charge in [-0.1, -0.05) is 27.2 Å². The minimum atomic E-state index is -0.161. The SMILES string of the molecule is CCC1CC1NC(=O)c1n[nH]c(C(C)C)c1N. The van der Waals surface area contributed by atoms with Gasteiger partial charge in [-0.25, -0.2) is 0 Å². The number of aromatic nitrogens is 2. The van der Waals surface area contributed by atoms with Gasteiger partial charge in [-0.15, -0.1) is 0 Å². The molecule has 2 unspecified atom stereocenters. The minimum Gasteiger partial charge on any atom is -0.395 e. The molecule has 0 bridgehead atoms. The van der Waals surface area contributed by atoms with Crippen molar-refractivity contribution in [3.63, 3.8) is 0 Å². The van der Waals surface area contributed by atoms with Crippen LogP contribution in [0.3, 0.4) is 0 Å². The number of nitrogen functional groups attached to an aromatic ring is 1. The van der Waals surface area contributed by atoms with E-state index in [4.69, 9.17) is 5.73 Å². The van der Waals surface area contributed by atoms with Crippen molar-refractivity contribution in [2.45, 2.75) is 45.6 Å². The number of aromatic amines is 1. The first-order valence-electron chi connectivity index (χ1n) is 6.19. The lowest BCUT2D eigenvalue weighted by molar-refractivity contribution is 0.0945. The molecule has 1 amide bonds. The molecule has 2 rings (SSSR count). The van der Waals surface area contributed by atoms with E-state index in [1.54, 1.807) is 0 Å². The van der Waals surface area contributed by atoms with Crippen LogP contribution in [-0.4, -0.2) is 22.1 Å². The second kappa shape index (κ2) is 4.39. The van der Waals surface area contributed by atoms with Crippen LogP contribution in [0.15, 0.2) is 0 Å². The van der Waals surface area contributed by atoms with Crippen LogP contribution in [0.2, 0.25) is 0 Å². The fourth-order valence-corrected chi connectivity index (χ4v) is 2.09. The summed E-state index contributed by atoms with van der Waals surface area (Å²) >= 11 is 0. The average molecular weight is 236 g/mol. The van der Waals surface area contributed by atoms with Crippen molar-refractivity contribution in [3.8, 4) is 0 Å². The molecule has 1 fully saturated rings. The van der Waals surface area contributed by atoms with Gasteiger partial charge in [-0.3, -0.25) is 9.89 Å². The molecule has 2 atom stereocenters. The van der Waals surface area contributed by atoms with Crippen LogP contribution in [-0.2, 0) is 0 Å². The number of nitrogens with one attached hydrogen (secondary N) is 2. The lowest BCUT2D eigenvalue weighted by Crippen LogP contribution is -2.27. The average Bonchev–Trinajstić information content (AvgIpc) is 2.90. The summed E-state index contributed by atoms with van der Waals surface area (Å²) in [5, 5.41) is 9.81. The number of H-pyrrole nitrogens is 1. The summed E-state index contributed by atoms with van der Waals surface area (Å²) in [6, 6.07) is 0.311. The van der Waals surface area contributed by atoms with Crippen molar-refractivity contribution >= 4 is 11.6 Å². The van der Waals surface area contributed by atoms with Gasteiger partial charge in [0.25, 0.3) is 5.91 Å². The van der Waals surface area contributed by atoms with Crippen molar-refractivity contribution < 1.29 is 4.79 Å². The maximum Gasteiger partial charge on any atom is 0.274 e. The normalized spacial score (nSPS) is 22.8. The maximum atomic E-state index is 11.9. The molecule has 1 aromatic heterocycles. The zero-order valence-electron chi connectivity index (χ0n) is 10.6. The molecule has 0 saturated heterocycles. The third kappa shape index (κ3) is 2.28. The van der Waals surface area contributed by atoms with E-state index in [1.807, 2.05) is 13.8 Å². The van der Waals surface area contributed by atoms with E-state index in [0.29, 0.717) is 23.3 Å². The Balaban J connectivity index is 2.05. The van der Waals surface area contributed by atoms with E-state index in [1.165, 1.54) is 0 Å². The Labute approximate surface area is 101 Å². The fourth-order valence-electron chi connectivity index (χ4n) is 2.09. The van der Waals surface area contributed by atoms with Crippen molar-refractivity contribution in [3.05, 3.63) is 11.4 Å². The van der Waals surface area contributed by atoms with E-state index in [0.717, 1.165) is 18.5 Å². The largest absolute Gasteiger partial charge is 0.395 e. The van der Waals surface area contributed by atoms with Crippen molar-refractivity contribution in [2.24, 2.45) is 5.92 Å². The van der Waals surface area contributed by atoms with E-state index in [9.17, 15) is 4.79 Å². The second-order valence-corrected chi connectivity index (χ2v) is 5.04. The number of carbonyl (C=O) groups is 1. The van der Waals surface area contributed by atoms with Crippen LogP contribution in [0.4, 0.5) is 5.69 Å². The second-order valence-electron chi connectivity index (χ2n) is 5.04. The Hall–Kier alpha value is -1.52. The molecule has 4 N–H and O–H groups in total. The van der Waals surface area contributed by atoms with Gasteiger partial charge in [-0.2, -0.15) is 5.10 Å². The fraction of sp³-hybridized carbons (Fsp3) is 0.667. The first kappa shape index (κ1) is 12.0. The molecular weight excluding hydrogens is 216 g/mol. The molecule has 1 saturated carbocycles. The monoisotopic (exact) mass is 236 g/mol. The molecule has 94 valence electrons. The van der Waals surface area contributed by atoms with Crippen LogP contribution in [0, 0.1) is 5.92 Å². The van der Waals surface area contributed by atoms with Crippen LogP contribution >= 0.6 is 0 Å². The summed E-state index contributed by atoms with van der Waals surface area (Å²) < 4.78 is 0. The molecule has 5 nitrogen and oxygen atoms in total. The van der Waals surface area contributed by atoms with E-state index in [-0.39, 0.29) is 11.8 Å². The Bertz CT molecular complexity index is 424. The summed E-state index contributed by atoms with van der Waals surface area (Å²) in [5.74, 6) is 0.712. The predicted octanol–water partition coefficient (Wildman–Crippen LogP) is 1.64. The van der Waals surface area contributed by atoms with E-state index in [2.05, 4.69) is 22.4 Å². The summed E-state index contributed by atoms with van der Waals surface area (Å²) in [4.78, 5) is 11.9. The van der Waals surface area contributed by atoms with Gasteiger partial charge < -0.3 is 11.1 Å². The number of rotatable bonds is 4. The first-order valence-corrected chi connectivity index (χ1v) is 6.19. The summed E-state index contributed by atoms with van der Waals surface area (Å²) in [7, 11) is 0. The van der Waals surface area contributed by atoms with Gasteiger partial charge in [0.1, 0.15) is 0 Å². The van der Waals surface area contributed by atoms with Gasteiger partial charge in [0.05, 0.1) is 11.4 Å². The topological polar surface area (TPSA) is 83.8 Å². The Morgan fingerprint density at radius 2 is 2.35 bits per heavy atom. The Morgan fingerprint density at radius 1 is 1.65 bits per heavy atom. The summed E-state index contributed by atoms with van der Waals surface area (Å²) in [6.45, 7) is 6.16. The summed E-state index contributed by atoms with van der Waals surface area (Å²) in [6.07, 6.45) is 2.18. The lowest BCUT2D eigenvalue weighted by atomic mass is 10.1. The van der Waals surface area contributed by atoms with Gasteiger partial charge >= 0.3 is 0 Å². The Kier molecular flexibility index (Phi) is 3.09. The van der Waals surface area contributed by atoms with E-state index >= 15 is 0 Å². The molecule has 0 spiro atoms. The highest BCUT2D eigenvalue weighted by molar-refractivity contribution is 5.98. The van der Waals surface area contributed by atoms with Crippen LogP contribution < -0.4 is 11.1 Å². The zero-order valence-corrected chi connectivity index (χ0v) is 10.6. The van der Waals surface area contributed by atoms with Crippen LogP contribution in [0.1, 0.15) is 55.7 Å². The molecule has 1 aliphatic carbocycles. The van der Waals surface area contributed by atoms with Crippen molar-refractivity contribution in [1.82, 2.24) is 15.5 Å². The molecule has 1 aliphatic rings. The lowest BCUT2D eigenvalue weighted by Gasteiger charge is -2.04. The highest BCUT2D eigenvalue weighted by atomic mass is 16.2. The van der Waals surface area contributed by atoms with Crippen LogP contribution in [0.25, 0.3) is 0 Å². The molecule has 0 aliphatic heterocycles. The number of nitrogens with two attached hydrogens (primary N) is 1. The first-order chi connectivity index (χ1) is 8.04. The molecule has 0 radical (unpaired) electrons.